The highest BCUT2D eigenvalue weighted by atomic mass is 32.1. The molecule has 0 atom stereocenters. The van der Waals surface area contributed by atoms with Crippen molar-refractivity contribution in [3.8, 4) is 10.6 Å². The highest BCUT2D eigenvalue weighted by Gasteiger charge is 2.35. The predicted octanol–water partition coefficient (Wildman–Crippen LogP) is 4.28. The van der Waals surface area contributed by atoms with Crippen LogP contribution in [0.5, 0.6) is 0 Å². The van der Waals surface area contributed by atoms with Crippen LogP contribution >= 0.6 is 11.3 Å². The van der Waals surface area contributed by atoms with Crippen molar-refractivity contribution in [1.29, 1.82) is 0 Å². The van der Waals surface area contributed by atoms with Crippen LogP contribution in [0.25, 0.3) is 21.7 Å². The summed E-state index contributed by atoms with van der Waals surface area (Å²) in [7, 11) is 0. The van der Waals surface area contributed by atoms with Crippen molar-refractivity contribution in [2.75, 3.05) is 0 Å². The minimum Gasteiger partial charge on any atom is -0.336 e. The van der Waals surface area contributed by atoms with E-state index in [1.54, 1.807) is 17.5 Å². The molecule has 0 aliphatic carbocycles. The average molecular weight is 284 g/mol. The number of nitrogens with zero attached hydrogens (tertiary/aromatic N) is 2. The molecule has 0 radical (unpaired) electrons. The molecule has 0 saturated carbocycles. The van der Waals surface area contributed by atoms with E-state index in [-0.39, 0.29) is 22.5 Å². The predicted molar refractivity (Wildman–Crippen MR) is 64.9 cm³/mol. The SMILES string of the molecule is Cc1noc2nc(-c3cccs3)cc(C(F)(F)F)c12. The first-order valence-corrected chi connectivity index (χ1v) is 6.23. The lowest BCUT2D eigenvalue weighted by molar-refractivity contribution is -0.136. The van der Waals surface area contributed by atoms with Crippen LogP contribution in [0.15, 0.2) is 28.1 Å². The number of alkyl halides is 3. The molecule has 19 heavy (non-hydrogen) atoms. The monoisotopic (exact) mass is 284 g/mol. The molecule has 98 valence electrons. The Balaban J connectivity index is 2.34. The van der Waals surface area contributed by atoms with Gasteiger partial charge in [-0.25, -0.2) is 4.98 Å². The third-order valence-electron chi connectivity index (χ3n) is 2.70. The third-order valence-corrected chi connectivity index (χ3v) is 3.59. The van der Waals surface area contributed by atoms with E-state index in [0.717, 1.165) is 6.07 Å². The molecule has 0 aromatic carbocycles. The van der Waals surface area contributed by atoms with E-state index in [9.17, 15) is 13.2 Å². The van der Waals surface area contributed by atoms with Gasteiger partial charge in [-0.05, 0) is 24.4 Å². The Morgan fingerprint density at radius 3 is 2.74 bits per heavy atom. The van der Waals surface area contributed by atoms with Crippen LogP contribution in [0, 0.1) is 6.92 Å². The Hall–Kier alpha value is -1.89. The lowest BCUT2D eigenvalue weighted by atomic mass is 10.1. The van der Waals surface area contributed by atoms with E-state index in [2.05, 4.69) is 10.1 Å². The molecule has 0 saturated heterocycles. The quantitative estimate of drug-likeness (QED) is 0.669. The van der Waals surface area contributed by atoms with E-state index in [1.807, 2.05) is 0 Å². The minimum atomic E-state index is -4.47. The summed E-state index contributed by atoms with van der Waals surface area (Å²) in [6.07, 6.45) is -4.47. The van der Waals surface area contributed by atoms with Crippen LogP contribution in [-0.2, 0) is 6.18 Å². The zero-order valence-corrected chi connectivity index (χ0v) is 10.5. The Labute approximate surface area is 109 Å². The number of pyridine rings is 1. The van der Waals surface area contributed by atoms with Gasteiger partial charge < -0.3 is 4.52 Å². The summed E-state index contributed by atoms with van der Waals surface area (Å²) in [5.74, 6) is 0. The molecule has 0 aliphatic heterocycles. The summed E-state index contributed by atoms with van der Waals surface area (Å²) < 4.78 is 44.2. The van der Waals surface area contributed by atoms with Gasteiger partial charge >= 0.3 is 6.18 Å². The molecule has 3 aromatic heterocycles. The highest BCUT2D eigenvalue weighted by molar-refractivity contribution is 7.13. The molecule has 3 nitrogen and oxygen atoms in total. The van der Waals surface area contributed by atoms with Gasteiger partial charge in [0.2, 0.25) is 0 Å². The second-order valence-electron chi connectivity index (χ2n) is 3.98. The van der Waals surface area contributed by atoms with Gasteiger partial charge in [-0.3, -0.25) is 0 Å². The summed E-state index contributed by atoms with van der Waals surface area (Å²) in [5.41, 5.74) is -0.422. The van der Waals surface area contributed by atoms with Crippen LogP contribution in [0.3, 0.4) is 0 Å². The van der Waals surface area contributed by atoms with Gasteiger partial charge in [0.25, 0.3) is 5.71 Å². The fourth-order valence-electron chi connectivity index (χ4n) is 1.87. The van der Waals surface area contributed by atoms with E-state index < -0.39 is 11.7 Å². The summed E-state index contributed by atoms with van der Waals surface area (Å²) >= 11 is 1.32. The molecule has 0 spiro atoms. The number of halogens is 3. The standard InChI is InChI=1S/C12H7F3N2OS/c1-6-10-7(12(13,14)15)5-8(9-3-2-4-19-9)16-11(10)18-17-6/h2-5H,1H3. The first-order chi connectivity index (χ1) is 8.97. The molecule has 3 rings (SSSR count). The zero-order chi connectivity index (χ0) is 13.6. The summed E-state index contributed by atoms with van der Waals surface area (Å²) in [4.78, 5) is 4.75. The normalized spacial score (nSPS) is 12.2. The number of fused-ring (bicyclic) bond motifs is 1. The van der Waals surface area contributed by atoms with Gasteiger partial charge in [0.05, 0.1) is 27.2 Å². The molecule has 0 amide bonds. The van der Waals surface area contributed by atoms with Crippen molar-refractivity contribution in [1.82, 2.24) is 10.1 Å². The first-order valence-electron chi connectivity index (χ1n) is 5.35. The first kappa shape index (κ1) is 12.2. The van der Waals surface area contributed by atoms with Gasteiger partial charge in [0.1, 0.15) is 0 Å². The van der Waals surface area contributed by atoms with Gasteiger partial charge in [-0.1, -0.05) is 11.2 Å². The fraction of sp³-hybridized carbons (Fsp3) is 0.167. The molecule has 0 unspecified atom stereocenters. The van der Waals surface area contributed by atoms with Crippen LogP contribution in [0.1, 0.15) is 11.3 Å². The Kier molecular flexibility index (Phi) is 2.60. The molecular weight excluding hydrogens is 277 g/mol. The number of rotatable bonds is 1. The molecule has 0 aliphatic rings. The van der Waals surface area contributed by atoms with E-state index >= 15 is 0 Å². The fourth-order valence-corrected chi connectivity index (χ4v) is 2.56. The molecular formula is C12H7F3N2OS. The molecule has 0 bridgehead atoms. The van der Waals surface area contributed by atoms with Gasteiger partial charge in [-0.2, -0.15) is 13.2 Å². The smallest absolute Gasteiger partial charge is 0.336 e. The maximum Gasteiger partial charge on any atom is 0.417 e. The average Bonchev–Trinajstić information content (AvgIpc) is 2.97. The number of hydrogen-bond donors (Lipinski definition) is 0. The molecule has 0 N–H and O–H groups in total. The van der Waals surface area contributed by atoms with Crippen LogP contribution < -0.4 is 0 Å². The second kappa shape index (κ2) is 4.06. The van der Waals surface area contributed by atoms with E-state index in [1.165, 1.54) is 18.3 Å². The topological polar surface area (TPSA) is 38.9 Å². The third kappa shape index (κ3) is 1.99. The maximum atomic E-state index is 13.1. The number of thiophene rings is 1. The number of aromatic nitrogens is 2. The number of aryl methyl sites for hydroxylation is 1. The van der Waals surface area contributed by atoms with Crippen molar-refractivity contribution in [3.63, 3.8) is 0 Å². The van der Waals surface area contributed by atoms with Crippen molar-refractivity contribution < 1.29 is 17.7 Å². The second-order valence-corrected chi connectivity index (χ2v) is 4.93. The lowest BCUT2D eigenvalue weighted by Gasteiger charge is -2.09. The summed E-state index contributed by atoms with van der Waals surface area (Å²) in [6, 6.07) is 4.51. The van der Waals surface area contributed by atoms with Crippen LogP contribution in [-0.4, -0.2) is 10.1 Å². The summed E-state index contributed by atoms with van der Waals surface area (Å²) in [6.45, 7) is 1.47. The minimum absolute atomic E-state index is 0.0761. The zero-order valence-electron chi connectivity index (χ0n) is 9.65. The molecule has 3 heterocycles. The lowest BCUT2D eigenvalue weighted by Crippen LogP contribution is -2.07. The van der Waals surface area contributed by atoms with Crippen molar-refractivity contribution >= 4 is 22.4 Å². The van der Waals surface area contributed by atoms with Crippen LogP contribution in [0.2, 0.25) is 0 Å². The van der Waals surface area contributed by atoms with Gasteiger partial charge in [-0.15, -0.1) is 11.3 Å². The Bertz CT molecular complexity index is 731. The van der Waals surface area contributed by atoms with Crippen molar-refractivity contribution in [2.24, 2.45) is 0 Å². The van der Waals surface area contributed by atoms with Crippen LogP contribution in [0.4, 0.5) is 13.2 Å². The van der Waals surface area contributed by atoms with E-state index in [4.69, 9.17) is 4.52 Å². The highest BCUT2D eigenvalue weighted by Crippen LogP contribution is 2.38. The van der Waals surface area contributed by atoms with E-state index in [0.29, 0.717) is 4.88 Å². The Morgan fingerprint density at radius 1 is 1.32 bits per heavy atom. The molecule has 3 aromatic rings. The van der Waals surface area contributed by atoms with Gasteiger partial charge in [0, 0.05) is 0 Å². The van der Waals surface area contributed by atoms with Gasteiger partial charge in [0.15, 0.2) is 0 Å². The number of hydrogen-bond acceptors (Lipinski definition) is 4. The van der Waals surface area contributed by atoms with Crippen molar-refractivity contribution in [2.45, 2.75) is 13.1 Å². The molecule has 7 heteroatoms. The van der Waals surface area contributed by atoms with Crippen molar-refractivity contribution in [3.05, 3.63) is 34.8 Å². The largest absolute Gasteiger partial charge is 0.417 e. The Morgan fingerprint density at radius 2 is 2.11 bits per heavy atom. The molecule has 0 fully saturated rings. The summed E-state index contributed by atoms with van der Waals surface area (Å²) in [5, 5.41) is 5.26. The maximum absolute atomic E-state index is 13.1.